The van der Waals surface area contributed by atoms with Crippen LogP contribution in [0.2, 0.25) is 0 Å². The molecule has 18 heavy (non-hydrogen) atoms. The van der Waals surface area contributed by atoms with Gasteiger partial charge in [0.1, 0.15) is 13.6 Å². The second kappa shape index (κ2) is 5.06. The van der Waals surface area contributed by atoms with E-state index in [1.807, 2.05) is 32.4 Å². The molecule has 2 aromatic rings. The molecule has 2 radical (unpaired) electrons. The molecule has 0 aliphatic carbocycles. The van der Waals surface area contributed by atoms with E-state index in [2.05, 4.69) is 28.5 Å². The zero-order chi connectivity index (χ0) is 13.3. The van der Waals surface area contributed by atoms with Crippen molar-refractivity contribution in [3.63, 3.8) is 0 Å². The van der Waals surface area contributed by atoms with Gasteiger partial charge in [0.15, 0.2) is 0 Å². The maximum absolute atomic E-state index is 6.31. The first kappa shape index (κ1) is 13.0. The van der Waals surface area contributed by atoms with Gasteiger partial charge in [-0.1, -0.05) is 0 Å². The van der Waals surface area contributed by atoms with Gasteiger partial charge in [-0.05, 0) is 45.3 Å². The van der Waals surface area contributed by atoms with E-state index in [-0.39, 0.29) is 12.0 Å². The van der Waals surface area contributed by atoms with Crippen LogP contribution < -0.4 is 4.74 Å². The van der Waals surface area contributed by atoms with Crippen LogP contribution >= 0.6 is 0 Å². The van der Waals surface area contributed by atoms with Crippen molar-refractivity contribution in [2.75, 3.05) is 21.2 Å². The SMILES string of the molecule is [B]C([C@@H](C)N(C)C)n1ccc2cc(OC)ccc21. The molecule has 0 aliphatic rings. The van der Waals surface area contributed by atoms with Gasteiger partial charge in [-0.3, -0.25) is 0 Å². The first-order valence-corrected chi connectivity index (χ1v) is 6.11. The molecule has 0 aliphatic heterocycles. The van der Waals surface area contributed by atoms with Crippen molar-refractivity contribution in [3.05, 3.63) is 30.5 Å². The van der Waals surface area contributed by atoms with Gasteiger partial charge in [0.2, 0.25) is 0 Å². The molecule has 0 saturated carbocycles. The molecule has 1 aromatic heterocycles. The van der Waals surface area contributed by atoms with Crippen molar-refractivity contribution >= 4 is 18.7 Å². The molecule has 0 spiro atoms. The van der Waals surface area contributed by atoms with E-state index in [0.29, 0.717) is 0 Å². The van der Waals surface area contributed by atoms with Gasteiger partial charge in [-0.15, -0.1) is 0 Å². The number of hydrogen-bond acceptors (Lipinski definition) is 2. The molecule has 3 nitrogen and oxygen atoms in total. The summed E-state index contributed by atoms with van der Waals surface area (Å²) in [5.74, 6) is 0.806. The van der Waals surface area contributed by atoms with Crippen LogP contribution in [-0.4, -0.2) is 44.6 Å². The zero-order valence-corrected chi connectivity index (χ0v) is 11.4. The molecule has 0 N–H and O–H groups in total. The molecule has 2 rings (SSSR count). The molecule has 94 valence electrons. The van der Waals surface area contributed by atoms with Gasteiger partial charge >= 0.3 is 0 Å². The Labute approximate surface area is 110 Å². The zero-order valence-electron chi connectivity index (χ0n) is 11.4. The smallest absolute Gasteiger partial charge is 0.119 e. The Bertz CT molecular complexity index is 536. The van der Waals surface area contributed by atoms with Gasteiger partial charge in [0.05, 0.1) is 7.11 Å². The number of ether oxygens (including phenoxy) is 1. The lowest BCUT2D eigenvalue weighted by Gasteiger charge is -2.28. The molecule has 0 saturated heterocycles. The average Bonchev–Trinajstić information content (AvgIpc) is 2.79. The van der Waals surface area contributed by atoms with Crippen LogP contribution in [0, 0.1) is 0 Å². The number of nitrogens with zero attached hydrogens (tertiary/aromatic N) is 2. The molecule has 1 heterocycles. The summed E-state index contributed by atoms with van der Waals surface area (Å²) in [6, 6.07) is 8.38. The third-order valence-electron chi connectivity index (χ3n) is 3.56. The lowest BCUT2D eigenvalue weighted by Crippen LogP contribution is -2.34. The van der Waals surface area contributed by atoms with E-state index >= 15 is 0 Å². The highest BCUT2D eigenvalue weighted by Crippen LogP contribution is 2.25. The lowest BCUT2D eigenvalue weighted by atomic mass is 9.89. The minimum absolute atomic E-state index is 0.0640. The molecule has 1 aromatic carbocycles. The van der Waals surface area contributed by atoms with Crippen LogP contribution in [0.4, 0.5) is 0 Å². The van der Waals surface area contributed by atoms with Gasteiger partial charge in [-0.2, -0.15) is 0 Å². The summed E-state index contributed by atoms with van der Waals surface area (Å²) in [5.41, 5.74) is 1.14. The quantitative estimate of drug-likeness (QED) is 0.765. The number of rotatable bonds is 4. The maximum Gasteiger partial charge on any atom is 0.119 e. The third kappa shape index (κ3) is 2.25. The van der Waals surface area contributed by atoms with E-state index in [1.165, 1.54) is 0 Å². The molecular weight excluding hydrogens is 223 g/mol. The van der Waals surface area contributed by atoms with E-state index in [9.17, 15) is 0 Å². The average molecular weight is 242 g/mol. The summed E-state index contributed by atoms with van der Waals surface area (Å²) < 4.78 is 7.34. The fourth-order valence-electron chi connectivity index (χ4n) is 2.07. The molecule has 0 fully saturated rings. The Morgan fingerprint density at radius 2 is 2.00 bits per heavy atom. The Balaban J connectivity index is 2.40. The van der Waals surface area contributed by atoms with Crippen molar-refractivity contribution in [2.45, 2.75) is 18.9 Å². The van der Waals surface area contributed by atoms with E-state index < -0.39 is 0 Å². The van der Waals surface area contributed by atoms with E-state index in [0.717, 1.165) is 16.7 Å². The third-order valence-corrected chi connectivity index (χ3v) is 3.56. The minimum Gasteiger partial charge on any atom is -0.497 e. The standard InChI is InChI=1S/C14H19BN2O/c1-10(16(2)3)14(15)17-8-7-11-9-12(18-4)5-6-13(11)17/h5-10,14H,1-4H3/t10-,14?/m1/s1. The Kier molecular flexibility index (Phi) is 3.67. The number of aromatic nitrogens is 1. The molecule has 2 atom stereocenters. The summed E-state index contributed by atoms with van der Waals surface area (Å²) in [4.78, 5) is 2.13. The number of benzene rings is 1. The highest BCUT2D eigenvalue weighted by molar-refractivity contribution is 6.11. The lowest BCUT2D eigenvalue weighted by molar-refractivity contribution is 0.277. The van der Waals surface area contributed by atoms with Crippen LogP contribution in [0.25, 0.3) is 10.9 Å². The van der Waals surface area contributed by atoms with Gasteiger partial charge in [0.25, 0.3) is 0 Å². The summed E-state index contributed by atoms with van der Waals surface area (Å²) >= 11 is 0. The van der Waals surface area contributed by atoms with Crippen molar-refractivity contribution < 1.29 is 4.74 Å². The predicted octanol–water partition coefficient (Wildman–Crippen LogP) is 2.27. The highest BCUT2D eigenvalue weighted by atomic mass is 16.5. The van der Waals surface area contributed by atoms with Crippen molar-refractivity contribution in [1.29, 1.82) is 0 Å². The van der Waals surface area contributed by atoms with Crippen molar-refractivity contribution in [2.24, 2.45) is 0 Å². The summed E-state index contributed by atoms with van der Waals surface area (Å²) in [7, 11) is 12.1. The van der Waals surface area contributed by atoms with Crippen molar-refractivity contribution in [3.8, 4) is 5.75 Å². The number of hydrogen-bond donors (Lipinski definition) is 0. The monoisotopic (exact) mass is 242 g/mol. The number of fused-ring (bicyclic) bond motifs is 1. The van der Waals surface area contributed by atoms with Gasteiger partial charge in [-0.25, -0.2) is 0 Å². The van der Waals surface area contributed by atoms with E-state index in [4.69, 9.17) is 12.6 Å². The summed E-state index contributed by atoms with van der Waals surface area (Å²) in [6.45, 7) is 2.13. The Morgan fingerprint density at radius 3 is 2.61 bits per heavy atom. The van der Waals surface area contributed by atoms with Gasteiger partial charge in [0, 0.05) is 29.1 Å². The Hall–Kier alpha value is -1.42. The van der Waals surface area contributed by atoms with Crippen molar-refractivity contribution in [1.82, 2.24) is 9.47 Å². The van der Waals surface area contributed by atoms with Crippen LogP contribution in [0.5, 0.6) is 5.75 Å². The highest BCUT2D eigenvalue weighted by Gasteiger charge is 2.16. The molecule has 0 amide bonds. The molecular formula is C14H19BN2O. The fourth-order valence-corrected chi connectivity index (χ4v) is 2.07. The Morgan fingerprint density at radius 1 is 1.28 bits per heavy atom. The fraction of sp³-hybridized carbons (Fsp3) is 0.429. The minimum atomic E-state index is -0.0640. The van der Waals surface area contributed by atoms with Crippen LogP contribution in [0.1, 0.15) is 12.9 Å². The molecule has 1 unspecified atom stereocenters. The predicted molar refractivity (Wildman–Crippen MR) is 76.4 cm³/mol. The van der Waals surface area contributed by atoms with Crippen LogP contribution in [0.15, 0.2) is 30.5 Å². The number of likely N-dealkylation sites (N-methyl/N-ethyl adjacent to an activating group) is 1. The summed E-state index contributed by atoms with van der Waals surface area (Å²) in [5, 5.41) is 1.15. The second-order valence-electron chi connectivity index (χ2n) is 4.84. The van der Waals surface area contributed by atoms with Gasteiger partial charge < -0.3 is 14.2 Å². The van der Waals surface area contributed by atoms with Crippen LogP contribution in [-0.2, 0) is 0 Å². The summed E-state index contributed by atoms with van der Waals surface area (Å²) in [6.07, 6.45) is 2.04. The topological polar surface area (TPSA) is 17.4 Å². The normalized spacial score (nSPS) is 14.9. The molecule has 4 heteroatoms. The van der Waals surface area contributed by atoms with Crippen LogP contribution in [0.3, 0.4) is 0 Å². The first-order chi connectivity index (χ1) is 8.54. The second-order valence-corrected chi connectivity index (χ2v) is 4.84. The first-order valence-electron chi connectivity index (χ1n) is 6.11. The maximum atomic E-state index is 6.31. The largest absolute Gasteiger partial charge is 0.497 e. The number of methoxy groups -OCH3 is 1. The molecule has 0 bridgehead atoms. The van der Waals surface area contributed by atoms with E-state index in [1.54, 1.807) is 7.11 Å².